The van der Waals surface area contributed by atoms with Crippen molar-refractivity contribution in [1.82, 2.24) is 20.2 Å². The Morgan fingerprint density at radius 1 is 1.16 bits per heavy atom. The quantitative estimate of drug-likeness (QED) is 0.386. The molecule has 4 aromatic rings. The molecule has 0 aliphatic carbocycles. The summed E-state index contributed by atoms with van der Waals surface area (Å²) < 4.78 is 24.8. The van der Waals surface area contributed by atoms with Gasteiger partial charge in [-0.2, -0.15) is 0 Å². The molecule has 3 amide bonds. The van der Waals surface area contributed by atoms with Gasteiger partial charge in [0.05, 0.1) is 31.6 Å². The summed E-state index contributed by atoms with van der Waals surface area (Å²) in [5.41, 5.74) is 1.12. The normalized spacial score (nSPS) is 18.9. The summed E-state index contributed by atoms with van der Waals surface area (Å²) in [5.74, 6) is -0.555. The summed E-state index contributed by atoms with van der Waals surface area (Å²) >= 11 is 0. The Morgan fingerprint density at radius 2 is 2.03 bits per heavy atom. The molecule has 2 aliphatic rings. The van der Waals surface area contributed by atoms with E-state index in [1.807, 2.05) is 6.07 Å². The molecule has 1 atom stereocenters. The minimum absolute atomic E-state index is 0.0553. The van der Waals surface area contributed by atoms with Crippen molar-refractivity contribution in [2.45, 2.75) is 18.4 Å². The van der Waals surface area contributed by atoms with Gasteiger partial charge in [-0.15, -0.1) is 0 Å². The van der Waals surface area contributed by atoms with Gasteiger partial charge in [0.25, 0.3) is 5.91 Å². The number of nitrogens with zero attached hydrogens (tertiary/aromatic N) is 3. The molecular weight excluding hydrogens is 481 g/mol. The Kier molecular flexibility index (Phi) is 5.14. The van der Waals surface area contributed by atoms with Crippen LogP contribution in [0.4, 0.5) is 15.9 Å². The molecule has 11 heteroatoms. The van der Waals surface area contributed by atoms with Gasteiger partial charge >= 0.3 is 0 Å². The number of halogens is 1. The fourth-order valence-corrected chi connectivity index (χ4v) is 4.83. The van der Waals surface area contributed by atoms with Crippen molar-refractivity contribution in [3.8, 4) is 5.75 Å². The number of aromatic nitrogens is 2. The number of carbonyl (C=O) groups excluding carboxylic acids is 3. The van der Waals surface area contributed by atoms with E-state index in [4.69, 9.17) is 9.15 Å². The predicted octanol–water partition coefficient (Wildman–Crippen LogP) is 3.05. The Bertz CT molecular complexity index is 1600. The molecule has 3 aromatic heterocycles. The van der Waals surface area contributed by atoms with Gasteiger partial charge in [0.15, 0.2) is 5.58 Å². The van der Waals surface area contributed by atoms with Crippen LogP contribution in [0.5, 0.6) is 5.75 Å². The molecule has 0 bridgehead atoms. The highest BCUT2D eigenvalue weighted by atomic mass is 19.1. The van der Waals surface area contributed by atoms with Gasteiger partial charge in [-0.25, -0.2) is 9.37 Å². The molecule has 6 rings (SSSR count). The largest absolute Gasteiger partial charge is 0.497 e. The number of methoxy groups -OCH3 is 1. The third kappa shape index (κ3) is 3.84. The highest BCUT2D eigenvalue weighted by molar-refractivity contribution is 6.10. The number of carbonyl (C=O) groups is 3. The molecule has 1 saturated heterocycles. The smallest absolute Gasteiger partial charge is 0.254 e. The molecule has 0 saturated carbocycles. The van der Waals surface area contributed by atoms with E-state index in [9.17, 15) is 18.8 Å². The van der Waals surface area contributed by atoms with Crippen molar-refractivity contribution < 1.29 is 27.9 Å². The molecule has 2 N–H and O–H groups in total. The zero-order valence-corrected chi connectivity index (χ0v) is 19.6. The lowest BCUT2D eigenvalue weighted by Crippen LogP contribution is -2.46. The van der Waals surface area contributed by atoms with Gasteiger partial charge in [-0.05, 0) is 29.8 Å². The van der Waals surface area contributed by atoms with E-state index in [1.165, 1.54) is 24.3 Å². The molecule has 2 aliphatic heterocycles. The summed E-state index contributed by atoms with van der Waals surface area (Å²) in [6, 6.07) is 11.4. The number of fused-ring (bicyclic) bond motifs is 2. The van der Waals surface area contributed by atoms with Gasteiger partial charge < -0.3 is 19.4 Å². The number of furan rings is 1. The first-order chi connectivity index (χ1) is 17.8. The number of amides is 3. The van der Waals surface area contributed by atoms with E-state index in [0.717, 1.165) is 11.8 Å². The van der Waals surface area contributed by atoms with Crippen LogP contribution in [0.1, 0.15) is 28.1 Å². The number of pyridine rings is 2. The van der Waals surface area contributed by atoms with Crippen LogP contribution < -0.4 is 15.4 Å². The van der Waals surface area contributed by atoms with Crippen molar-refractivity contribution in [3.63, 3.8) is 0 Å². The molecular formula is C26H20FN5O5. The number of nitrogens with one attached hydrogen (secondary N) is 2. The zero-order valence-electron chi connectivity index (χ0n) is 19.6. The monoisotopic (exact) mass is 501 g/mol. The summed E-state index contributed by atoms with van der Waals surface area (Å²) in [5, 5.41) is 5.33. The van der Waals surface area contributed by atoms with Gasteiger partial charge in [0, 0.05) is 30.8 Å². The van der Waals surface area contributed by atoms with Crippen LogP contribution in [0.2, 0.25) is 0 Å². The first-order valence-corrected chi connectivity index (χ1v) is 11.4. The van der Waals surface area contributed by atoms with Crippen molar-refractivity contribution >= 4 is 40.3 Å². The molecule has 10 nitrogen and oxygen atoms in total. The average molecular weight is 501 g/mol. The van der Waals surface area contributed by atoms with Gasteiger partial charge in [-0.1, -0.05) is 6.07 Å². The van der Waals surface area contributed by atoms with E-state index < -0.39 is 23.0 Å². The molecule has 0 unspecified atom stereocenters. The van der Waals surface area contributed by atoms with Crippen LogP contribution in [0.3, 0.4) is 0 Å². The van der Waals surface area contributed by atoms with Crippen molar-refractivity contribution in [2.24, 2.45) is 0 Å². The highest BCUT2D eigenvalue weighted by Crippen LogP contribution is 2.39. The second-order valence-corrected chi connectivity index (χ2v) is 9.03. The number of hydrogen-bond donors (Lipinski definition) is 2. The van der Waals surface area contributed by atoms with Crippen molar-refractivity contribution in [1.29, 1.82) is 0 Å². The first-order valence-electron chi connectivity index (χ1n) is 11.4. The number of rotatable bonds is 6. The van der Waals surface area contributed by atoms with E-state index in [0.29, 0.717) is 33.9 Å². The zero-order chi connectivity index (χ0) is 25.7. The number of hydrogen-bond acceptors (Lipinski definition) is 8. The van der Waals surface area contributed by atoms with Gasteiger partial charge in [0.1, 0.15) is 34.1 Å². The van der Waals surface area contributed by atoms with E-state index in [1.54, 1.807) is 30.3 Å². The Balaban J connectivity index is 1.34. The number of ether oxygens (including phenoxy) is 1. The maximum absolute atomic E-state index is 13.5. The molecule has 0 spiro atoms. The average Bonchev–Trinajstić information content (AvgIpc) is 3.52. The lowest BCUT2D eigenvalue weighted by molar-refractivity contribution is -0.127. The molecule has 0 radical (unpaired) electrons. The summed E-state index contributed by atoms with van der Waals surface area (Å²) in [7, 11) is 1.52. The van der Waals surface area contributed by atoms with Crippen LogP contribution in [0, 0.1) is 5.82 Å². The number of anilines is 2. The molecule has 37 heavy (non-hydrogen) atoms. The third-order valence-corrected chi connectivity index (χ3v) is 6.63. The number of benzene rings is 1. The second-order valence-electron chi connectivity index (χ2n) is 9.03. The minimum Gasteiger partial charge on any atom is -0.497 e. The molecule has 1 fully saturated rings. The fraction of sp³-hybridized carbons (Fsp3) is 0.192. The highest BCUT2D eigenvalue weighted by Gasteiger charge is 2.53. The predicted molar refractivity (Wildman–Crippen MR) is 129 cm³/mol. The number of imide groups is 1. The van der Waals surface area contributed by atoms with E-state index in [-0.39, 0.29) is 31.2 Å². The van der Waals surface area contributed by atoms with Crippen LogP contribution >= 0.6 is 0 Å². The molecule has 186 valence electrons. The van der Waals surface area contributed by atoms with Gasteiger partial charge in [0.2, 0.25) is 11.8 Å². The van der Waals surface area contributed by atoms with Gasteiger partial charge in [-0.3, -0.25) is 24.7 Å². The SMILES string of the molecule is COc1ccc2c(c1)C(=O)N(C[C@@]1(c3cc4nc(Nc5cncc(F)c5)ccc4o3)CC(=O)NC1=O)C2. The standard InChI is InChI=1S/C26H20FN5O5/c1-36-17-3-2-14-12-32(24(34)18(14)7-17)13-26(9-23(33)31-25(26)35)21-8-19-20(37-21)4-5-22(30-19)29-16-6-15(27)10-28-11-16/h2-8,10-11H,9,12-13H2,1H3,(H,29,30)(H,31,33,35)/t26-/m1/s1. The minimum atomic E-state index is -1.42. The second kappa shape index (κ2) is 8.40. The van der Waals surface area contributed by atoms with Crippen molar-refractivity contribution in [2.75, 3.05) is 19.0 Å². The van der Waals surface area contributed by atoms with E-state index in [2.05, 4.69) is 20.6 Å². The molecule has 1 aromatic carbocycles. The van der Waals surface area contributed by atoms with E-state index >= 15 is 0 Å². The summed E-state index contributed by atoms with van der Waals surface area (Å²) in [4.78, 5) is 48.5. The fourth-order valence-electron chi connectivity index (χ4n) is 4.83. The van der Waals surface area contributed by atoms with Crippen LogP contribution in [-0.2, 0) is 21.5 Å². The lowest BCUT2D eigenvalue weighted by atomic mass is 9.82. The molecule has 5 heterocycles. The van der Waals surface area contributed by atoms with Crippen LogP contribution in [0.25, 0.3) is 11.1 Å². The van der Waals surface area contributed by atoms with Crippen molar-refractivity contribution in [3.05, 3.63) is 77.6 Å². The maximum Gasteiger partial charge on any atom is 0.254 e. The maximum atomic E-state index is 13.5. The Morgan fingerprint density at radius 3 is 2.78 bits per heavy atom. The Hall–Kier alpha value is -4.80. The topological polar surface area (TPSA) is 127 Å². The third-order valence-electron chi connectivity index (χ3n) is 6.63. The first kappa shape index (κ1) is 22.7. The van der Waals surface area contributed by atoms with Crippen LogP contribution in [0.15, 0.2) is 59.3 Å². The lowest BCUT2D eigenvalue weighted by Gasteiger charge is -2.28. The summed E-state index contributed by atoms with van der Waals surface area (Å²) in [6.07, 6.45) is 2.38. The van der Waals surface area contributed by atoms with Crippen LogP contribution in [-0.4, -0.2) is 46.2 Å². The Labute approximate surface area is 209 Å². The summed E-state index contributed by atoms with van der Waals surface area (Å²) in [6.45, 7) is 0.232.